The van der Waals surface area contributed by atoms with Gasteiger partial charge in [-0.15, -0.1) is 5.10 Å². The van der Waals surface area contributed by atoms with E-state index in [4.69, 9.17) is 9.84 Å². The Morgan fingerprint density at radius 1 is 1.56 bits per heavy atom. The average Bonchev–Trinajstić information content (AvgIpc) is 2.62. The predicted octanol–water partition coefficient (Wildman–Crippen LogP) is 0.491. The Balaban J connectivity index is 2.91. The molecule has 7 heteroatoms. The van der Waals surface area contributed by atoms with Crippen LogP contribution in [0.25, 0.3) is 0 Å². The van der Waals surface area contributed by atoms with Crippen LogP contribution in [0.5, 0.6) is 0 Å². The summed E-state index contributed by atoms with van der Waals surface area (Å²) in [7, 11) is 1.54. The van der Waals surface area contributed by atoms with E-state index in [0.717, 1.165) is 0 Å². The van der Waals surface area contributed by atoms with Gasteiger partial charge in [-0.05, 0) is 16.3 Å². The monoisotopic (exact) mass is 228 g/mol. The lowest BCUT2D eigenvalue weighted by molar-refractivity contribution is -0.138. The highest BCUT2D eigenvalue weighted by Gasteiger charge is 2.23. The summed E-state index contributed by atoms with van der Waals surface area (Å²) in [5, 5.41) is 20.0. The molecular weight excluding hydrogens is 212 g/mol. The van der Waals surface area contributed by atoms with E-state index in [9.17, 15) is 4.79 Å². The second kappa shape index (κ2) is 5.55. The van der Waals surface area contributed by atoms with Gasteiger partial charge in [0.1, 0.15) is 6.61 Å². The van der Waals surface area contributed by atoms with Crippen molar-refractivity contribution in [2.45, 2.75) is 32.9 Å². The van der Waals surface area contributed by atoms with Crippen molar-refractivity contribution in [1.29, 1.82) is 0 Å². The minimum Gasteiger partial charge on any atom is -0.481 e. The highest BCUT2D eigenvalue weighted by Crippen LogP contribution is 2.21. The van der Waals surface area contributed by atoms with Crippen molar-refractivity contribution >= 4 is 5.97 Å². The summed E-state index contributed by atoms with van der Waals surface area (Å²) >= 11 is 0. The predicted molar refractivity (Wildman–Crippen MR) is 54.7 cm³/mol. The number of carbonyl (C=O) groups is 1. The molecule has 16 heavy (non-hydrogen) atoms. The van der Waals surface area contributed by atoms with Crippen LogP contribution in [-0.4, -0.2) is 38.4 Å². The summed E-state index contributed by atoms with van der Waals surface area (Å²) in [5.41, 5.74) is 0. The minimum atomic E-state index is -0.863. The third-order valence-electron chi connectivity index (χ3n) is 2.30. The summed E-state index contributed by atoms with van der Waals surface area (Å²) in [6.07, 6.45) is -0.000574. The van der Waals surface area contributed by atoms with Gasteiger partial charge in [0, 0.05) is 7.11 Å². The van der Waals surface area contributed by atoms with Crippen LogP contribution in [0.3, 0.4) is 0 Å². The van der Waals surface area contributed by atoms with Gasteiger partial charge in [-0.1, -0.05) is 13.8 Å². The topological polar surface area (TPSA) is 90.1 Å². The molecule has 1 aromatic rings. The van der Waals surface area contributed by atoms with E-state index >= 15 is 0 Å². The average molecular weight is 228 g/mol. The summed E-state index contributed by atoms with van der Waals surface area (Å²) < 4.78 is 6.48. The fraction of sp³-hybridized carbons (Fsp3) is 0.778. The van der Waals surface area contributed by atoms with E-state index in [1.165, 1.54) is 4.68 Å². The smallest absolute Gasteiger partial charge is 0.305 e. The molecule has 1 rings (SSSR count). The molecule has 1 unspecified atom stereocenters. The van der Waals surface area contributed by atoms with Crippen molar-refractivity contribution in [1.82, 2.24) is 20.2 Å². The number of carboxylic acids is 1. The molecule has 0 spiro atoms. The van der Waals surface area contributed by atoms with Crippen LogP contribution in [0, 0.1) is 5.92 Å². The van der Waals surface area contributed by atoms with Gasteiger partial charge in [-0.3, -0.25) is 4.79 Å². The first-order chi connectivity index (χ1) is 7.56. The molecule has 0 amide bonds. The zero-order valence-electron chi connectivity index (χ0n) is 9.62. The van der Waals surface area contributed by atoms with E-state index in [1.54, 1.807) is 7.11 Å². The normalized spacial score (nSPS) is 13.0. The van der Waals surface area contributed by atoms with Gasteiger partial charge < -0.3 is 9.84 Å². The Bertz CT molecular complexity index is 350. The molecule has 1 aromatic heterocycles. The van der Waals surface area contributed by atoms with Gasteiger partial charge in [0.15, 0.2) is 5.82 Å². The lowest BCUT2D eigenvalue weighted by Crippen LogP contribution is -2.22. The van der Waals surface area contributed by atoms with Crippen LogP contribution >= 0.6 is 0 Å². The third-order valence-corrected chi connectivity index (χ3v) is 2.30. The van der Waals surface area contributed by atoms with Crippen LogP contribution < -0.4 is 0 Å². The SMILES string of the molecule is COCc1nnnn1C(CC(=O)O)C(C)C. The molecule has 7 nitrogen and oxygen atoms in total. The lowest BCUT2D eigenvalue weighted by atomic mass is 10.0. The third kappa shape index (κ3) is 2.99. The number of aromatic nitrogens is 4. The Kier molecular flexibility index (Phi) is 4.36. The molecule has 90 valence electrons. The van der Waals surface area contributed by atoms with Crippen LogP contribution in [0.2, 0.25) is 0 Å². The van der Waals surface area contributed by atoms with Gasteiger partial charge in [-0.25, -0.2) is 4.68 Å². The number of hydrogen-bond acceptors (Lipinski definition) is 5. The lowest BCUT2D eigenvalue weighted by Gasteiger charge is -2.19. The molecule has 0 radical (unpaired) electrons. The first kappa shape index (κ1) is 12.6. The quantitative estimate of drug-likeness (QED) is 0.762. The van der Waals surface area contributed by atoms with Gasteiger partial charge >= 0.3 is 5.97 Å². The van der Waals surface area contributed by atoms with Crippen LogP contribution in [-0.2, 0) is 16.1 Å². The first-order valence-corrected chi connectivity index (χ1v) is 5.03. The molecule has 0 fully saturated rings. The molecule has 0 aliphatic heterocycles. The maximum absolute atomic E-state index is 10.8. The van der Waals surface area contributed by atoms with Crippen molar-refractivity contribution in [2.24, 2.45) is 5.92 Å². The molecule has 0 saturated carbocycles. The van der Waals surface area contributed by atoms with Crippen molar-refractivity contribution in [3.8, 4) is 0 Å². The van der Waals surface area contributed by atoms with Gasteiger partial charge in [0.05, 0.1) is 12.5 Å². The number of rotatable bonds is 6. The minimum absolute atomic E-state index is 0.000574. The highest BCUT2D eigenvalue weighted by molar-refractivity contribution is 5.67. The summed E-state index contributed by atoms with van der Waals surface area (Å²) in [6.45, 7) is 4.15. The second-order valence-electron chi connectivity index (χ2n) is 3.88. The Labute approximate surface area is 93.4 Å². The Hall–Kier alpha value is -1.50. The number of ether oxygens (including phenoxy) is 1. The van der Waals surface area contributed by atoms with Gasteiger partial charge in [0.2, 0.25) is 0 Å². The summed E-state index contributed by atoms with van der Waals surface area (Å²) in [6, 6.07) is -0.252. The molecule has 1 atom stereocenters. The van der Waals surface area contributed by atoms with E-state index in [2.05, 4.69) is 15.5 Å². The van der Waals surface area contributed by atoms with Crippen LogP contribution in [0.4, 0.5) is 0 Å². The largest absolute Gasteiger partial charge is 0.481 e. The van der Waals surface area contributed by atoms with E-state index in [1.807, 2.05) is 13.8 Å². The molecule has 0 aliphatic carbocycles. The fourth-order valence-corrected chi connectivity index (χ4v) is 1.48. The van der Waals surface area contributed by atoms with E-state index in [0.29, 0.717) is 5.82 Å². The number of tetrazole rings is 1. The fourth-order valence-electron chi connectivity index (χ4n) is 1.48. The Morgan fingerprint density at radius 2 is 2.25 bits per heavy atom. The zero-order valence-corrected chi connectivity index (χ0v) is 9.62. The molecule has 0 saturated heterocycles. The number of aliphatic carboxylic acids is 1. The van der Waals surface area contributed by atoms with Crippen molar-refractivity contribution in [3.63, 3.8) is 0 Å². The summed E-state index contributed by atoms with van der Waals surface area (Å²) in [5.74, 6) is -0.185. The molecular formula is C9H16N4O3. The van der Waals surface area contributed by atoms with Crippen LogP contribution in [0.15, 0.2) is 0 Å². The van der Waals surface area contributed by atoms with Crippen LogP contribution in [0.1, 0.15) is 32.1 Å². The number of carboxylic acid groups (broad SMARTS) is 1. The van der Waals surface area contributed by atoms with Crippen molar-refractivity contribution in [3.05, 3.63) is 5.82 Å². The van der Waals surface area contributed by atoms with E-state index in [-0.39, 0.29) is 25.0 Å². The number of methoxy groups -OCH3 is 1. The number of nitrogens with zero attached hydrogens (tertiary/aromatic N) is 4. The molecule has 1 heterocycles. The standard InChI is InChI=1S/C9H16N4O3/c1-6(2)7(4-9(14)15)13-8(5-16-3)10-11-12-13/h6-7H,4-5H2,1-3H3,(H,14,15). The molecule has 0 bridgehead atoms. The van der Waals surface area contributed by atoms with E-state index < -0.39 is 5.97 Å². The number of hydrogen-bond donors (Lipinski definition) is 1. The van der Waals surface area contributed by atoms with Gasteiger partial charge in [-0.2, -0.15) is 0 Å². The molecule has 0 aromatic carbocycles. The van der Waals surface area contributed by atoms with Crippen molar-refractivity contribution < 1.29 is 14.6 Å². The first-order valence-electron chi connectivity index (χ1n) is 5.03. The maximum Gasteiger partial charge on any atom is 0.305 e. The molecule has 0 aliphatic rings. The molecule has 1 N–H and O–H groups in total. The Morgan fingerprint density at radius 3 is 2.75 bits per heavy atom. The maximum atomic E-state index is 10.8. The zero-order chi connectivity index (χ0) is 12.1. The second-order valence-corrected chi connectivity index (χ2v) is 3.88. The highest BCUT2D eigenvalue weighted by atomic mass is 16.5. The summed E-state index contributed by atoms with van der Waals surface area (Å²) in [4.78, 5) is 10.8. The van der Waals surface area contributed by atoms with Gasteiger partial charge in [0.25, 0.3) is 0 Å². The van der Waals surface area contributed by atoms with Crippen molar-refractivity contribution in [2.75, 3.05) is 7.11 Å².